The lowest BCUT2D eigenvalue weighted by molar-refractivity contribution is -0.130. The number of ketones is 1. The van der Waals surface area contributed by atoms with Crippen molar-refractivity contribution in [3.63, 3.8) is 0 Å². The van der Waals surface area contributed by atoms with Crippen LogP contribution in [0.4, 0.5) is 0 Å². The molecular weight excluding hydrogens is 586 g/mol. The molecule has 0 aromatic rings. The zero-order valence-corrected chi connectivity index (χ0v) is 27.7. The largest absolute Gasteiger partial charge is 0.382 e. The van der Waals surface area contributed by atoms with E-state index in [0.717, 1.165) is 25.7 Å². The van der Waals surface area contributed by atoms with E-state index in [1.807, 2.05) is 0 Å². The van der Waals surface area contributed by atoms with E-state index in [1.54, 1.807) is 7.11 Å². The molecule has 0 aliphatic rings. The summed E-state index contributed by atoms with van der Waals surface area (Å²) in [6.07, 6.45) is 6.28. The van der Waals surface area contributed by atoms with Crippen molar-refractivity contribution in [2.24, 2.45) is 23.1 Å². The van der Waals surface area contributed by atoms with Crippen LogP contribution in [-0.2, 0) is 42.8 Å². The van der Waals surface area contributed by atoms with Crippen molar-refractivity contribution >= 4 is 17.6 Å². The van der Waals surface area contributed by atoms with Gasteiger partial charge in [-0.3, -0.25) is 14.4 Å². The van der Waals surface area contributed by atoms with Gasteiger partial charge in [0, 0.05) is 52.2 Å². The molecule has 0 aliphatic heterocycles. The number of Topliss-reactive ketones (excluding diaryl/α,β-unsaturated/α-hetero) is 1. The van der Waals surface area contributed by atoms with E-state index in [0.29, 0.717) is 131 Å². The molecule has 14 nitrogen and oxygen atoms in total. The quantitative estimate of drug-likeness (QED) is 0.0587. The molecule has 0 heterocycles. The summed E-state index contributed by atoms with van der Waals surface area (Å²) < 4.78 is 32.1. The van der Waals surface area contributed by atoms with Crippen LogP contribution in [-0.4, -0.2) is 130 Å². The summed E-state index contributed by atoms with van der Waals surface area (Å²) in [5, 5.41) is 5.77. The molecule has 8 N–H and O–H groups in total. The molecule has 0 radical (unpaired) electrons. The average Bonchev–Trinajstić information content (AvgIpc) is 3.03. The number of ether oxygens (including phenoxy) is 6. The number of unbranched alkanes of at least 4 members (excludes halogenated alkanes) is 2. The van der Waals surface area contributed by atoms with Crippen LogP contribution in [0.2, 0.25) is 0 Å². The Kier molecular flexibility index (Phi) is 32.3. The first kappa shape index (κ1) is 43.2. The third-order valence-corrected chi connectivity index (χ3v) is 6.78. The Hall–Kier alpha value is -1.75. The highest BCUT2D eigenvalue weighted by atomic mass is 16.5. The second-order valence-corrected chi connectivity index (χ2v) is 10.7. The molecule has 0 fully saturated rings. The van der Waals surface area contributed by atoms with Crippen molar-refractivity contribution in [3.05, 3.63) is 0 Å². The molecule has 0 rings (SSSR count). The first-order valence-electron chi connectivity index (χ1n) is 16.6. The molecule has 0 aliphatic carbocycles. The van der Waals surface area contributed by atoms with Gasteiger partial charge >= 0.3 is 0 Å². The average molecular weight is 650 g/mol. The van der Waals surface area contributed by atoms with Gasteiger partial charge in [0.05, 0.1) is 65.5 Å². The lowest BCUT2D eigenvalue weighted by atomic mass is 9.91. The van der Waals surface area contributed by atoms with E-state index in [2.05, 4.69) is 10.6 Å². The summed E-state index contributed by atoms with van der Waals surface area (Å²) in [5.41, 5.74) is 17.1. The Balaban J connectivity index is 3.70. The van der Waals surface area contributed by atoms with Crippen LogP contribution in [0, 0.1) is 5.92 Å². The van der Waals surface area contributed by atoms with Gasteiger partial charge in [-0.05, 0) is 51.6 Å². The van der Waals surface area contributed by atoms with Gasteiger partial charge in [0.1, 0.15) is 5.78 Å². The predicted molar refractivity (Wildman–Crippen MR) is 173 cm³/mol. The van der Waals surface area contributed by atoms with E-state index in [4.69, 9.17) is 45.6 Å². The van der Waals surface area contributed by atoms with Crippen molar-refractivity contribution in [2.75, 3.05) is 106 Å². The van der Waals surface area contributed by atoms with Crippen LogP contribution in [0.1, 0.15) is 64.2 Å². The molecule has 0 aromatic carbocycles. The normalized spacial score (nSPS) is 12.6. The highest BCUT2D eigenvalue weighted by Gasteiger charge is 2.24. The first-order valence-corrected chi connectivity index (χ1v) is 16.6. The van der Waals surface area contributed by atoms with E-state index in [-0.39, 0.29) is 24.0 Å². The van der Waals surface area contributed by atoms with Crippen molar-refractivity contribution in [1.29, 1.82) is 0 Å². The maximum atomic E-state index is 12.7. The Labute approximate surface area is 270 Å². The Morgan fingerprint density at radius 2 is 1.09 bits per heavy atom. The minimum absolute atomic E-state index is 0.0504. The van der Waals surface area contributed by atoms with Crippen LogP contribution in [0.15, 0.2) is 0 Å². The summed E-state index contributed by atoms with van der Waals surface area (Å²) in [7, 11) is 1.62. The molecule has 0 aromatic heterocycles. The molecule has 0 saturated carbocycles. The lowest BCUT2D eigenvalue weighted by Crippen LogP contribution is -2.37. The molecule has 2 atom stereocenters. The van der Waals surface area contributed by atoms with Crippen LogP contribution >= 0.6 is 0 Å². The van der Waals surface area contributed by atoms with Crippen molar-refractivity contribution in [2.45, 2.75) is 70.3 Å². The van der Waals surface area contributed by atoms with Crippen LogP contribution in [0.25, 0.3) is 0 Å². The number of amides is 2. The topological polar surface area (TPSA) is 209 Å². The van der Waals surface area contributed by atoms with Gasteiger partial charge in [0.15, 0.2) is 0 Å². The fourth-order valence-corrected chi connectivity index (χ4v) is 4.12. The van der Waals surface area contributed by atoms with Crippen LogP contribution in [0.3, 0.4) is 0 Å². The Morgan fingerprint density at radius 3 is 1.64 bits per heavy atom. The van der Waals surface area contributed by atoms with Gasteiger partial charge in [-0.15, -0.1) is 0 Å². The van der Waals surface area contributed by atoms with Crippen molar-refractivity contribution in [1.82, 2.24) is 10.6 Å². The number of nitrogens with one attached hydrogen (secondary N) is 2. The first-order chi connectivity index (χ1) is 22.0. The van der Waals surface area contributed by atoms with Gasteiger partial charge in [0.25, 0.3) is 0 Å². The molecule has 45 heavy (non-hydrogen) atoms. The van der Waals surface area contributed by atoms with Gasteiger partial charge < -0.3 is 56.3 Å². The van der Waals surface area contributed by atoms with E-state index >= 15 is 0 Å². The zero-order valence-electron chi connectivity index (χ0n) is 27.7. The summed E-state index contributed by atoms with van der Waals surface area (Å²) in [6.45, 7) is 7.37. The SMILES string of the molecule is COCCOCCOCCC(=O)NCCCOCCOCCOCCCNC(=O)[C@H](CCCCN)CC(=O)[C@@H](N)CCCCN. The van der Waals surface area contributed by atoms with Gasteiger partial charge in [-0.25, -0.2) is 0 Å². The molecule has 0 bridgehead atoms. The maximum Gasteiger partial charge on any atom is 0.223 e. The summed E-state index contributed by atoms with van der Waals surface area (Å²) in [5.74, 6) is -0.647. The minimum atomic E-state index is -0.553. The molecule has 0 spiro atoms. The molecular formula is C31H63N5O9. The Morgan fingerprint density at radius 1 is 0.600 bits per heavy atom. The fraction of sp³-hybridized carbons (Fsp3) is 0.903. The van der Waals surface area contributed by atoms with E-state index in [1.165, 1.54) is 0 Å². The van der Waals surface area contributed by atoms with Gasteiger partial charge in [-0.2, -0.15) is 0 Å². The smallest absolute Gasteiger partial charge is 0.223 e. The lowest BCUT2D eigenvalue weighted by Gasteiger charge is -2.18. The monoisotopic (exact) mass is 649 g/mol. The number of rotatable bonds is 35. The molecule has 0 saturated heterocycles. The highest BCUT2D eigenvalue weighted by Crippen LogP contribution is 2.16. The van der Waals surface area contributed by atoms with E-state index in [9.17, 15) is 14.4 Å². The Bertz CT molecular complexity index is 706. The molecule has 14 heteroatoms. The van der Waals surface area contributed by atoms with Crippen LogP contribution in [0.5, 0.6) is 0 Å². The number of hydrogen-bond acceptors (Lipinski definition) is 12. The number of nitrogens with two attached hydrogens (primary N) is 3. The second-order valence-electron chi connectivity index (χ2n) is 10.7. The number of hydrogen-bond donors (Lipinski definition) is 5. The third-order valence-electron chi connectivity index (χ3n) is 6.78. The molecule has 266 valence electrons. The minimum Gasteiger partial charge on any atom is -0.382 e. The summed E-state index contributed by atoms with van der Waals surface area (Å²) in [4.78, 5) is 37.1. The van der Waals surface area contributed by atoms with Crippen LogP contribution < -0.4 is 27.8 Å². The standard InChI is InChI=1S/C31H63N5O9/c1-40-18-19-44-25-22-43-17-10-30(38)35-13-6-15-41-20-23-45-24-21-42-16-7-14-36-31(39)27(8-2-4-11-32)26-29(37)28(34)9-3-5-12-33/h27-28H,2-26,32-34H2,1H3,(H,35,38)(H,36,39)/t27-,28+/m1/s1. The summed E-state index contributed by atoms with van der Waals surface area (Å²) >= 11 is 0. The van der Waals surface area contributed by atoms with Crippen molar-refractivity contribution in [3.8, 4) is 0 Å². The second kappa shape index (κ2) is 33.6. The van der Waals surface area contributed by atoms with Crippen molar-refractivity contribution < 1.29 is 42.8 Å². The predicted octanol–water partition coefficient (Wildman–Crippen LogP) is 0.279. The number of carbonyl (C=O) groups excluding carboxylic acids is 3. The number of methoxy groups -OCH3 is 1. The highest BCUT2D eigenvalue weighted by molar-refractivity contribution is 5.89. The third kappa shape index (κ3) is 29.4. The summed E-state index contributed by atoms with van der Waals surface area (Å²) in [6, 6.07) is -0.553. The van der Waals surface area contributed by atoms with Gasteiger partial charge in [0.2, 0.25) is 11.8 Å². The maximum absolute atomic E-state index is 12.7. The number of carbonyl (C=O) groups is 3. The van der Waals surface area contributed by atoms with E-state index < -0.39 is 12.0 Å². The molecule has 0 unspecified atom stereocenters. The fourth-order valence-electron chi connectivity index (χ4n) is 4.12. The van der Waals surface area contributed by atoms with Gasteiger partial charge in [-0.1, -0.05) is 12.8 Å². The molecule has 2 amide bonds. The zero-order chi connectivity index (χ0) is 33.2.